The quantitative estimate of drug-likeness (QED) is 0.799. The largest absolute Gasteiger partial charge is 0.480 e. The lowest BCUT2D eigenvalue weighted by molar-refractivity contribution is -0.142. The first-order chi connectivity index (χ1) is 8.90. The molecule has 0 unspecified atom stereocenters. The van der Waals surface area contributed by atoms with Gasteiger partial charge in [-0.15, -0.1) is 0 Å². The summed E-state index contributed by atoms with van der Waals surface area (Å²) in [6, 6.07) is 6.83. The molecule has 0 aliphatic heterocycles. The normalized spacial score (nSPS) is 12.6. The standard InChI is InChI=1S/C15H19NO3/c1-10(2)14(15(18)19)16-13(17)8-7-12-6-4-5-11(3)9-12/h4-10,14H,1-3H3,(H,16,17)(H,18,19)/t14-/m1/s1. The highest BCUT2D eigenvalue weighted by atomic mass is 16.4. The molecule has 1 aromatic rings. The van der Waals surface area contributed by atoms with E-state index in [-0.39, 0.29) is 5.92 Å². The fourth-order valence-corrected chi connectivity index (χ4v) is 1.66. The Morgan fingerprint density at radius 1 is 1.32 bits per heavy atom. The molecule has 0 aliphatic rings. The summed E-state index contributed by atoms with van der Waals surface area (Å²) >= 11 is 0. The molecular formula is C15H19NO3. The van der Waals surface area contributed by atoms with E-state index in [0.717, 1.165) is 11.1 Å². The number of carboxylic acid groups (broad SMARTS) is 1. The Labute approximate surface area is 113 Å². The number of rotatable bonds is 5. The number of carbonyl (C=O) groups excluding carboxylic acids is 1. The summed E-state index contributed by atoms with van der Waals surface area (Å²) in [4.78, 5) is 22.6. The number of benzene rings is 1. The van der Waals surface area contributed by atoms with Crippen molar-refractivity contribution in [2.24, 2.45) is 5.92 Å². The van der Waals surface area contributed by atoms with Gasteiger partial charge in [-0.1, -0.05) is 43.7 Å². The van der Waals surface area contributed by atoms with Crippen LogP contribution in [-0.4, -0.2) is 23.0 Å². The Morgan fingerprint density at radius 2 is 2.00 bits per heavy atom. The average Bonchev–Trinajstić information content (AvgIpc) is 2.32. The van der Waals surface area contributed by atoms with Crippen LogP contribution in [0.15, 0.2) is 30.3 Å². The Bertz CT molecular complexity index is 492. The monoisotopic (exact) mass is 261 g/mol. The van der Waals surface area contributed by atoms with Crippen molar-refractivity contribution in [3.63, 3.8) is 0 Å². The van der Waals surface area contributed by atoms with Crippen molar-refractivity contribution in [3.05, 3.63) is 41.5 Å². The highest BCUT2D eigenvalue weighted by molar-refractivity contribution is 5.94. The molecule has 1 amide bonds. The topological polar surface area (TPSA) is 66.4 Å². The van der Waals surface area contributed by atoms with E-state index >= 15 is 0 Å². The summed E-state index contributed by atoms with van der Waals surface area (Å²) in [5.41, 5.74) is 2.01. The van der Waals surface area contributed by atoms with Crippen LogP contribution >= 0.6 is 0 Å². The minimum Gasteiger partial charge on any atom is -0.480 e. The van der Waals surface area contributed by atoms with E-state index < -0.39 is 17.9 Å². The molecule has 0 aromatic heterocycles. The molecule has 0 fully saturated rings. The minimum atomic E-state index is -1.02. The Balaban J connectivity index is 2.67. The summed E-state index contributed by atoms with van der Waals surface area (Å²) in [5.74, 6) is -1.58. The molecule has 4 nitrogen and oxygen atoms in total. The van der Waals surface area contributed by atoms with E-state index in [9.17, 15) is 9.59 Å². The molecule has 4 heteroatoms. The van der Waals surface area contributed by atoms with Crippen molar-refractivity contribution in [2.45, 2.75) is 26.8 Å². The van der Waals surface area contributed by atoms with E-state index in [1.807, 2.05) is 31.2 Å². The van der Waals surface area contributed by atoms with Gasteiger partial charge in [-0.25, -0.2) is 4.79 Å². The smallest absolute Gasteiger partial charge is 0.326 e. The molecule has 0 aliphatic carbocycles. The fourth-order valence-electron chi connectivity index (χ4n) is 1.66. The van der Waals surface area contributed by atoms with Crippen LogP contribution in [-0.2, 0) is 9.59 Å². The van der Waals surface area contributed by atoms with Crippen LogP contribution in [0.25, 0.3) is 6.08 Å². The second kappa shape index (κ2) is 6.73. The number of hydrogen-bond acceptors (Lipinski definition) is 2. The number of carboxylic acids is 1. The molecule has 19 heavy (non-hydrogen) atoms. The minimum absolute atomic E-state index is 0.159. The van der Waals surface area contributed by atoms with Crippen molar-refractivity contribution in [3.8, 4) is 0 Å². The van der Waals surface area contributed by atoms with Crippen LogP contribution < -0.4 is 5.32 Å². The molecule has 1 aromatic carbocycles. The Hall–Kier alpha value is -2.10. The molecule has 0 spiro atoms. The molecule has 0 heterocycles. The average molecular weight is 261 g/mol. The number of nitrogens with one attached hydrogen (secondary N) is 1. The second-order valence-electron chi connectivity index (χ2n) is 4.82. The van der Waals surface area contributed by atoms with Gasteiger partial charge in [0.25, 0.3) is 0 Å². The summed E-state index contributed by atoms with van der Waals surface area (Å²) in [6.07, 6.45) is 3.02. The predicted octanol–water partition coefficient (Wildman–Crippen LogP) is 2.23. The molecule has 0 saturated carbocycles. The van der Waals surface area contributed by atoms with E-state index in [2.05, 4.69) is 5.32 Å². The van der Waals surface area contributed by atoms with Gasteiger partial charge in [0.15, 0.2) is 0 Å². The van der Waals surface area contributed by atoms with E-state index in [4.69, 9.17) is 5.11 Å². The Kier molecular flexibility index (Phi) is 5.30. The zero-order valence-corrected chi connectivity index (χ0v) is 11.4. The SMILES string of the molecule is Cc1cccc(C=CC(=O)N[C@@H](C(=O)O)C(C)C)c1. The first-order valence-electron chi connectivity index (χ1n) is 6.18. The number of hydrogen-bond donors (Lipinski definition) is 2. The van der Waals surface area contributed by atoms with E-state index in [1.54, 1.807) is 19.9 Å². The highest BCUT2D eigenvalue weighted by Gasteiger charge is 2.22. The molecule has 0 bridgehead atoms. The van der Waals surface area contributed by atoms with Gasteiger partial charge in [0, 0.05) is 6.08 Å². The van der Waals surface area contributed by atoms with Gasteiger partial charge in [0.05, 0.1) is 0 Å². The summed E-state index contributed by atoms with van der Waals surface area (Å²) < 4.78 is 0. The maximum absolute atomic E-state index is 11.7. The van der Waals surface area contributed by atoms with Crippen LogP contribution in [0.3, 0.4) is 0 Å². The number of aliphatic carboxylic acids is 1. The predicted molar refractivity (Wildman–Crippen MR) is 74.6 cm³/mol. The molecule has 0 radical (unpaired) electrons. The lowest BCUT2D eigenvalue weighted by atomic mass is 10.0. The first kappa shape index (κ1) is 15.0. The van der Waals surface area contributed by atoms with Gasteiger partial charge in [-0.05, 0) is 24.5 Å². The van der Waals surface area contributed by atoms with Gasteiger partial charge < -0.3 is 10.4 Å². The first-order valence-corrected chi connectivity index (χ1v) is 6.18. The number of carbonyl (C=O) groups is 2. The maximum Gasteiger partial charge on any atom is 0.326 e. The van der Waals surface area contributed by atoms with Gasteiger partial charge in [0.1, 0.15) is 6.04 Å². The van der Waals surface area contributed by atoms with E-state index in [1.165, 1.54) is 6.08 Å². The summed E-state index contributed by atoms with van der Waals surface area (Å²) in [7, 11) is 0. The lowest BCUT2D eigenvalue weighted by Crippen LogP contribution is -2.43. The lowest BCUT2D eigenvalue weighted by Gasteiger charge is -2.16. The third kappa shape index (κ3) is 4.95. The summed E-state index contributed by atoms with van der Waals surface area (Å²) in [5, 5.41) is 11.5. The maximum atomic E-state index is 11.7. The molecule has 102 valence electrons. The van der Waals surface area contributed by atoms with Crippen molar-refractivity contribution >= 4 is 18.0 Å². The zero-order chi connectivity index (χ0) is 14.4. The third-order valence-electron chi connectivity index (χ3n) is 2.70. The van der Waals surface area contributed by atoms with Crippen LogP contribution in [0.4, 0.5) is 0 Å². The highest BCUT2D eigenvalue weighted by Crippen LogP contribution is 2.06. The van der Waals surface area contributed by atoms with Crippen molar-refractivity contribution in [1.29, 1.82) is 0 Å². The zero-order valence-electron chi connectivity index (χ0n) is 11.4. The van der Waals surface area contributed by atoms with Crippen molar-refractivity contribution in [1.82, 2.24) is 5.32 Å². The van der Waals surface area contributed by atoms with Crippen LogP contribution in [0.5, 0.6) is 0 Å². The van der Waals surface area contributed by atoms with Gasteiger partial charge >= 0.3 is 5.97 Å². The van der Waals surface area contributed by atoms with Crippen molar-refractivity contribution < 1.29 is 14.7 Å². The third-order valence-corrected chi connectivity index (χ3v) is 2.70. The fraction of sp³-hybridized carbons (Fsp3) is 0.333. The Morgan fingerprint density at radius 3 is 2.53 bits per heavy atom. The van der Waals surface area contributed by atoms with Crippen LogP contribution in [0.1, 0.15) is 25.0 Å². The molecule has 1 atom stereocenters. The second-order valence-corrected chi connectivity index (χ2v) is 4.82. The van der Waals surface area contributed by atoms with Crippen LogP contribution in [0, 0.1) is 12.8 Å². The van der Waals surface area contributed by atoms with Gasteiger partial charge in [-0.2, -0.15) is 0 Å². The van der Waals surface area contributed by atoms with Crippen molar-refractivity contribution in [2.75, 3.05) is 0 Å². The summed E-state index contributed by atoms with van der Waals surface area (Å²) in [6.45, 7) is 5.48. The van der Waals surface area contributed by atoms with Crippen LogP contribution in [0.2, 0.25) is 0 Å². The van der Waals surface area contributed by atoms with Gasteiger partial charge in [-0.3, -0.25) is 4.79 Å². The molecule has 1 rings (SSSR count). The number of amides is 1. The molecular weight excluding hydrogens is 242 g/mol. The molecule has 0 saturated heterocycles. The van der Waals surface area contributed by atoms with E-state index in [0.29, 0.717) is 0 Å². The van der Waals surface area contributed by atoms with Gasteiger partial charge in [0.2, 0.25) is 5.91 Å². The number of aryl methyl sites for hydroxylation is 1. The molecule has 2 N–H and O–H groups in total.